The Morgan fingerprint density at radius 1 is 0.756 bits per heavy atom. The van der Waals surface area contributed by atoms with Gasteiger partial charge in [0.25, 0.3) is 17.7 Å². The second kappa shape index (κ2) is 28.4. The molecular weight excluding hydrogens is 1030 g/mol. The highest BCUT2D eigenvalue weighted by Gasteiger charge is 2.45. The number of ether oxygens (including phenoxy) is 6. The van der Waals surface area contributed by atoms with Crippen molar-refractivity contribution in [2.45, 2.75) is 36.7 Å². The predicted octanol–water partition coefficient (Wildman–Crippen LogP) is 1.13. The fourth-order valence-corrected chi connectivity index (χ4v) is 10.0. The minimum Gasteiger partial charge on any atom is -0.382 e. The van der Waals surface area contributed by atoms with Gasteiger partial charge in [0, 0.05) is 75.8 Å². The number of amides is 5. The van der Waals surface area contributed by atoms with Crippen LogP contribution >= 0.6 is 0 Å². The summed E-state index contributed by atoms with van der Waals surface area (Å²) in [4.78, 5) is 78.8. The molecule has 5 aromatic rings. The second-order valence-electron chi connectivity index (χ2n) is 18.0. The summed E-state index contributed by atoms with van der Waals surface area (Å²) >= 11 is 0. The number of piperidine rings is 1. The van der Waals surface area contributed by atoms with E-state index in [4.69, 9.17) is 34.2 Å². The van der Waals surface area contributed by atoms with Crippen LogP contribution in [0.2, 0.25) is 0 Å². The zero-order valence-corrected chi connectivity index (χ0v) is 43.8. The van der Waals surface area contributed by atoms with Crippen LogP contribution in [0.15, 0.2) is 84.3 Å². The van der Waals surface area contributed by atoms with E-state index in [0.29, 0.717) is 154 Å². The molecular formula is C51H63N13O13S. The van der Waals surface area contributed by atoms with Crippen molar-refractivity contribution in [2.75, 3.05) is 135 Å². The summed E-state index contributed by atoms with van der Waals surface area (Å²) in [5.41, 5.74) is 9.01. The summed E-state index contributed by atoms with van der Waals surface area (Å²) in [6.07, 6.45) is 7.22. The van der Waals surface area contributed by atoms with Crippen molar-refractivity contribution in [2.24, 2.45) is 0 Å². The van der Waals surface area contributed by atoms with E-state index >= 15 is 0 Å². The number of carbonyl (C=O) groups is 5. The van der Waals surface area contributed by atoms with Gasteiger partial charge in [0.15, 0.2) is 11.5 Å². The molecule has 78 heavy (non-hydrogen) atoms. The van der Waals surface area contributed by atoms with Crippen molar-refractivity contribution in [3.8, 4) is 11.3 Å². The van der Waals surface area contributed by atoms with Crippen molar-refractivity contribution in [1.82, 2.24) is 49.4 Å². The number of nitrogens with zero attached hydrogens (tertiary/aromatic N) is 9. The summed E-state index contributed by atoms with van der Waals surface area (Å²) in [6, 6.07) is 13.5. The first-order chi connectivity index (χ1) is 38.0. The van der Waals surface area contributed by atoms with Gasteiger partial charge < -0.3 is 49.7 Å². The molecule has 3 aromatic heterocycles. The number of pyridine rings is 1. The van der Waals surface area contributed by atoms with Crippen molar-refractivity contribution in [1.29, 1.82) is 0 Å². The van der Waals surface area contributed by atoms with Crippen molar-refractivity contribution >= 4 is 56.8 Å². The van der Waals surface area contributed by atoms with Crippen LogP contribution in [0.5, 0.6) is 0 Å². The molecule has 0 bridgehead atoms. The fraction of sp³-hybridized carbons (Fsp3) is 0.451. The summed E-state index contributed by atoms with van der Waals surface area (Å²) in [6.45, 7) is 8.23. The van der Waals surface area contributed by atoms with Crippen molar-refractivity contribution < 1.29 is 60.8 Å². The van der Waals surface area contributed by atoms with Gasteiger partial charge in [0.2, 0.25) is 21.8 Å². The maximum atomic E-state index is 13.6. The molecule has 416 valence electrons. The SMILES string of the molecule is Nc1ncc(-c2ccc(S(=O)(=O)N3CCN(CCc4cn(CCOCCOCCOCCOCCOCCOCCNc5cccc6c5C(=O)N(C5CCC(=O)NC5=O)C6=O)nn4)CC3)cc2)nc1C(=O)Nc1cccnc1. The van der Waals surface area contributed by atoms with E-state index in [1.807, 2.05) is 6.20 Å². The molecule has 3 aliphatic rings. The molecule has 0 saturated carbocycles. The van der Waals surface area contributed by atoms with Gasteiger partial charge in [-0.1, -0.05) is 23.4 Å². The number of hydrogen-bond donors (Lipinski definition) is 4. The minimum absolute atomic E-state index is 0.0409. The van der Waals surface area contributed by atoms with Crippen LogP contribution in [0.1, 0.15) is 49.7 Å². The van der Waals surface area contributed by atoms with E-state index in [-0.39, 0.29) is 40.4 Å². The summed E-state index contributed by atoms with van der Waals surface area (Å²) in [5.74, 6) is -2.80. The maximum Gasteiger partial charge on any atom is 0.278 e. The second-order valence-corrected chi connectivity index (χ2v) is 19.9. The molecule has 6 heterocycles. The average Bonchev–Trinajstić information content (AvgIpc) is 4.03. The Morgan fingerprint density at radius 3 is 2.08 bits per heavy atom. The van der Waals surface area contributed by atoms with E-state index in [1.165, 1.54) is 28.8 Å². The molecule has 2 aromatic carbocycles. The number of carbonyl (C=O) groups excluding carboxylic acids is 5. The molecule has 27 heteroatoms. The molecule has 2 saturated heterocycles. The standard InChI is InChI=1S/C51H63N13O13S/c52-47-46(49(67)56-37-3-2-13-53-33-37)57-42(34-55-47)36-6-8-39(9-7-36)78(70,71)63-18-16-61(17-19-63)15-12-38-35-62(60-59-38)20-22-73-24-26-75-28-30-77-32-31-76-29-27-74-25-23-72-21-14-54-41-5-1-4-40-45(41)51(69)64(50(40)68)43-10-11-44(65)58-48(43)66/h1-9,13,33-35,43,54H,10-12,14-32H2,(H2,52,55)(H,56,67)(H,58,65,66). The smallest absolute Gasteiger partial charge is 0.278 e. The quantitative estimate of drug-likeness (QED) is 0.0357. The number of nitrogens with two attached hydrogens (primary N) is 1. The molecule has 0 aliphatic carbocycles. The van der Waals surface area contributed by atoms with Crippen LogP contribution in [-0.4, -0.2) is 207 Å². The Bertz CT molecular complexity index is 2940. The number of nitrogen functional groups attached to an aromatic ring is 1. The van der Waals surface area contributed by atoms with Gasteiger partial charge in [0.05, 0.1) is 131 Å². The predicted molar refractivity (Wildman–Crippen MR) is 280 cm³/mol. The third kappa shape index (κ3) is 15.5. The minimum atomic E-state index is -3.75. The Morgan fingerprint density at radius 2 is 1.42 bits per heavy atom. The molecule has 26 nitrogen and oxygen atoms in total. The lowest BCUT2D eigenvalue weighted by atomic mass is 10.0. The number of piperazine rings is 1. The lowest BCUT2D eigenvalue weighted by Crippen LogP contribution is -2.54. The molecule has 0 spiro atoms. The fourth-order valence-electron chi connectivity index (χ4n) is 8.59. The van der Waals surface area contributed by atoms with Crippen LogP contribution in [0.25, 0.3) is 11.3 Å². The van der Waals surface area contributed by atoms with Gasteiger partial charge in [-0.2, -0.15) is 4.31 Å². The number of benzene rings is 2. The third-order valence-electron chi connectivity index (χ3n) is 12.7. The monoisotopic (exact) mass is 1100 g/mol. The number of rotatable bonds is 31. The first-order valence-corrected chi connectivity index (χ1v) is 27.0. The highest BCUT2D eigenvalue weighted by molar-refractivity contribution is 7.89. The number of hydrogen-bond acceptors (Lipinski definition) is 21. The Labute approximate surface area is 450 Å². The van der Waals surface area contributed by atoms with Crippen molar-refractivity contribution in [3.05, 3.63) is 102 Å². The highest BCUT2D eigenvalue weighted by atomic mass is 32.2. The number of imide groups is 2. The number of sulfonamides is 1. The van der Waals surface area contributed by atoms with Gasteiger partial charge in [-0.25, -0.2) is 23.1 Å². The van der Waals surface area contributed by atoms with E-state index in [0.717, 1.165) is 10.6 Å². The normalized spacial score (nSPS) is 16.2. The zero-order chi connectivity index (χ0) is 54.7. The van der Waals surface area contributed by atoms with Gasteiger partial charge in [-0.15, -0.1) is 5.10 Å². The third-order valence-corrected chi connectivity index (χ3v) is 14.6. The maximum absolute atomic E-state index is 13.6. The number of fused-ring (bicyclic) bond motifs is 1. The van der Waals surface area contributed by atoms with Crippen molar-refractivity contribution in [3.63, 3.8) is 0 Å². The Hall–Kier alpha value is -7.21. The molecule has 0 radical (unpaired) electrons. The lowest BCUT2D eigenvalue weighted by molar-refractivity contribution is -0.136. The van der Waals surface area contributed by atoms with Gasteiger partial charge in [-0.05, 0) is 42.8 Å². The average molecular weight is 1100 g/mol. The molecule has 5 N–H and O–H groups in total. The first kappa shape index (κ1) is 57.0. The summed E-state index contributed by atoms with van der Waals surface area (Å²) < 4.78 is 63.9. The van der Waals surface area contributed by atoms with Crippen LogP contribution in [0.4, 0.5) is 17.2 Å². The number of aromatic nitrogens is 6. The molecule has 1 unspecified atom stereocenters. The Balaban J connectivity index is 0.590. The van der Waals surface area contributed by atoms with Gasteiger partial charge in [0.1, 0.15) is 6.04 Å². The summed E-state index contributed by atoms with van der Waals surface area (Å²) in [7, 11) is -3.75. The van der Waals surface area contributed by atoms with Crippen LogP contribution in [-0.2, 0) is 61.0 Å². The number of anilines is 3. The topological polar surface area (TPSA) is 316 Å². The van der Waals surface area contributed by atoms with Gasteiger partial charge in [-0.3, -0.25) is 39.2 Å². The molecule has 3 aliphatic heterocycles. The number of nitrogens with one attached hydrogen (secondary N) is 3. The first-order valence-electron chi connectivity index (χ1n) is 25.6. The van der Waals surface area contributed by atoms with Crippen LogP contribution in [0, 0.1) is 0 Å². The van der Waals surface area contributed by atoms with E-state index in [9.17, 15) is 32.4 Å². The van der Waals surface area contributed by atoms with Crippen LogP contribution in [0.3, 0.4) is 0 Å². The molecule has 2 fully saturated rings. The largest absolute Gasteiger partial charge is 0.382 e. The summed E-state index contributed by atoms with van der Waals surface area (Å²) in [5, 5.41) is 16.5. The Kier molecular flexibility index (Phi) is 20.8. The van der Waals surface area contributed by atoms with Crippen LogP contribution < -0.4 is 21.7 Å². The molecule has 1 atom stereocenters. The zero-order valence-electron chi connectivity index (χ0n) is 43.0. The van der Waals surface area contributed by atoms with E-state index < -0.39 is 45.6 Å². The van der Waals surface area contributed by atoms with E-state index in [2.05, 4.69) is 46.1 Å². The van der Waals surface area contributed by atoms with Gasteiger partial charge >= 0.3 is 0 Å². The molecule has 8 rings (SSSR count). The van der Waals surface area contributed by atoms with E-state index in [1.54, 1.807) is 53.3 Å². The highest BCUT2D eigenvalue weighted by Crippen LogP contribution is 2.32. The lowest BCUT2D eigenvalue weighted by Gasteiger charge is -2.33. The molecule has 5 amide bonds.